The van der Waals surface area contributed by atoms with Crippen molar-refractivity contribution in [3.8, 4) is 22.3 Å². The zero-order chi connectivity index (χ0) is 34.7. The van der Waals surface area contributed by atoms with Crippen molar-refractivity contribution in [1.82, 2.24) is 9.88 Å². The highest BCUT2D eigenvalue weighted by molar-refractivity contribution is 5.98. The molecule has 0 atom stereocenters. The fraction of sp³-hybridized carbons (Fsp3) is 0.293. The van der Waals surface area contributed by atoms with Crippen LogP contribution in [0.25, 0.3) is 39.3 Å². The Balaban J connectivity index is 0.00000125. The molecule has 48 heavy (non-hydrogen) atoms. The molecule has 1 amide bonds. The maximum Gasteiger partial charge on any atom is 0.253 e. The number of nitrogens with zero attached hydrogens (tertiary/aromatic N) is 2. The lowest BCUT2D eigenvalue weighted by Crippen LogP contribution is -2.43. The lowest BCUT2D eigenvalue weighted by atomic mass is 9.94. The number of furan rings is 1. The van der Waals surface area contributed by atoms with Crippen molar-refractivity contribution in [2.45, 2.75) is 66.0 Å². The topological polar surface area (TPSA) is 89.4 Å². The number of alkyl halides is 1. The number of aryl methyl sites for hydroxylation is 1. The number of ketones is 1. The standard InChI is InChI=1S/C37H34FN3O3.2C2H6/c1-37(38)17-19-41(20-18-37)36(43)28-11-9-26(10-12-28)29-21-30-22-32(44-35(30)33(23-29)27-5-3-2-4-6-27)15-14-31(42)13-7-25-8-16-34(39)40-24-25;2*1-2/h2-13,16,21-24H,14-15,17-20H2,1H3,(H2,39,40);2*1-2H3/b13-7+;;. The van der Waals surface area contributed by atoms with Crippen molar-refractivity contribution >= 4 is 34.6 Å². The van der Waals surface area contributed by atoms with E-state index in [0.29, 0.717) is 50.2 Å². The fourth-order valence-corrected chi connectivity index (χ4v) is 5.53. The maximum absolute atomic E-state index is 14.2. The SMILES string of the molecule is CC.CC.CC1(F)CCN(C(=O)c2ccc(-c3cc(-c4ccccc4)c4oc(CCC(=O)/C=C/c5ccc(N)nc5)cc4c3)cc2)CC1. The molecule has 7 heteroatoms. The second-order valence-corrected chi connectivity index (χ2v) is 11.6. The van der Waals surface area contributed by atoms with E-state index in [-0.39, 0.29) is 11.7 Å². The summed E-state index contributed by atoms with van der Waals surface area (Å²) < 4.78 is 20.6. The molecule has 1 aliphatic rings. The van der Waals surface area contributed by atoms with Gasteiger partial charge in [-0.25, -0.2) is 9.37 Å². The molecular weight excluding hydrogens is 601 g/mol. The van der Waals surface area contributed by atoms with Gasteiger partial charge in [0.2, 0.25) is 0 Å². The first-order chi connectivity index (χ1) is 23.2. The quantitative estimate of drug-likeness (QED) is 0.169. The third kappa shape index (κ3) is 9.06. The van der Waals surface area contributed by atoms with Crippen molar-refractivity contribution in [1.29, 1.82) is 0 Å². The summed E-state index contributed by atoms with van der Waals surface area (Å²) in [4.78, 5) is 31.4. The molecule has 1 saturated heterocycles. The zero-order valence-corrected chi connectivity index (χ0v) is 28.6. The largest absolute Gasteiger partial charge is 0.460 e. The van der Waals surface area contributed by atoms with Crippen LogP contribution in [-0.2, 0) is 11.2 Å². The summed E-state index contributed by atoms with van der Waals surface area (Å²) in [5, 5.41) is 0.940. The van der Waals surface area contributed by atoms with Crippen molar-refractivity contribution in [2.75, 3.05) is 18.8 Å². The molecule has 0 bridgehead atoms. The highest BCUT2D eigenvalue weighted by Gasteiger charge is 2.31. The number of carbonyl (C=O) groups is 2. The van der Waals surface area contributed by atoms with Gasteiger partial charge in [-0.15, -0.1) is 0 Å². The Hall–Kier alpha value is -5.04. The number of likely N-dealkylation sites (tertiary alicyclic amines) is 1. The van der Waals surface area contributed by atoms with E-state index >= 15 is 0 Å². The van der Waals surface area contributed by atoms with E-state index in [9.17, 15) is 14.0 Å². The van der Waals surface area contributed by atoms with Crippen LogP contribution in [0, 0.1) is 0 Å². The lowest BCUT2D eigenvalue weighted by Gasteiger charge is -2.34. The van der Waals surface area contributed by atoms with E-state index in [1.807, 2.05) is 94.4 Å². The molecule has 6 nitrogen and oxygen atoms in total. The molecule has 1 aliphatic heterocycles. The van der Waals surface area contributed by atoms with Crippen LogP contribution in [0.15, 0.2) is 102 Å². The predicted molar refractivity (Wildman–Crippen MR) is 195 cm³/mol. The number of hydrogen-bond donors (Lipinski definition) is 1. The van der Waals surface area contributed by atoms with Crippen LogP contribution >= 0.6 is 0 Å². The number of hydrogen-bond acceptors (Lipinski definition) is 5. The highest BCUT2D eigenvalue weighted by atomic mass is 19.1. The van der Waals surface area contributed by atoms with Gasteiger partial charge >= 0.3 is 0 Å². The summed E-state index contributed by atoms with van der Waals surface area (Å²) >= 11 is 0. The minimum absolute atomic E-state index is 0.0100. The molecule has 3 heterocycles. The summed E-state index contributed by atoms with van der Waals surface area (Å²) in [7, 11) is 0. The zero-order valence-electron chi connectivity index (χ0n) is 28.6. The maximum atomic E-state index is 14.2. The Bertz CT molecular complexity index is 1820. The summed E-state index contributed by atoms with van der Waals surface area (Å²) in [5.74, 6) is 1.09. The number of pyridine rings is 1. The molecule has 6 rings (SSSR count). The van der Waals surface area contributed by atoms with Crippen LogP contribution < -0.4 is 5.73 Å². The van der Waals surface area contributed by atoms with Crippen LogP contribution in [0.5, 0.6) is 0 Å². The van der Waals surface area contributed by atoms with E-state index in [2.05, 4.69) is 17.1 Å². The molecular formula is C41H46FN3O3. The van der Waals surface area contributed by atoms with Gasteiger partial charge in [-0.1, -0.05) is 70.2 Å². The second kappa shape index (κ2) is 16.7. The molecule has 5 aromatic rings. The molecule has 1 fully saturated rings. The van der Waals surface area contributed by atoms with Gasteiger partial charge in [0.1, 0.15) is 22.8 Å². The Kier molecular flexibility index (Phi) is 12.4. The molecule has 0 spiro atoms. The van der Waals surface area contributed by atoms with E-state index < -0.39 is 5.67 Å². The van der Waals surface area contributed by atoms with Crippen LogP contribution in [0.1, 0.15) is 75.6 Å². The first-order valence-corrected chi connectivity index (χ1v) is 16.9. The second-order valence-electron chi connectivity index (χ2n) is 11.6. The van der Waals surface area contributed by atoms with Crippen LogP contribution in [-0.4, -0.2) is 40.3 Å². The third-order valence-corrected chi connectivity index (χ3v) is 8.20. The van der Waals surface area contributed by atoms with E-state index in [0.717, 1.165) is 44.5 Å². The first-order valence-electron chi connectivity index (χ1n) is 16.9. The minimum Gasteiger partial charge on any atom is -0.460 e. The third-order valence-electron chi connectivity index (χ3n) is 8.20. The average Bonchev–Trinajstić information content (AvgIpc) is 3.55. The molecule has 0 saturated carbocycles. The number of halogens is 1. The fourth-order valence-electron chi connectivity index (χ4n) is 5.53. The van der Waals surface area contributed by atoms with Gasteiger partial charge < -0.3 is 15.1 Å². The number of nitrogens with two attached hydrogens (primary N) is 1. The number of piperidine rings is 1. The predicted octanol–water partition coefficient (Wildman–Crippen LogP) is 9.98. The van der Waals surface area contributed by atoms with Gasteiger partial charge in [0, 0.05) is 48.6 Å². The van der Waals surface area contributed by atoms with Crippen LogP contribution in [0.4, 0.5) is 10.2 Å². The van der Waals surface area contributed by atoms with E-state index in [1.165, 1.54) is 0 Å². The molecule has 0 radical (unpaired) electrons. The van der Waals surface area contributed by atoms with Gasteiger partial charge in [-0.2, -0.15) is 0 Å². The number of rotatable bonds is 8. The smallest absolute Gasteiger partial charge is 0.253 e. The molecule has 2 aromatic heterocycles. The Morgan fingerprint density at radius 1 is 0.896 bits per heavy atom. The van der Waals surface area contributed by atoms with Crippen molar-refractivity contribution in [3.05, 3.63) is 114 Å². The molecule has 0 unspecified atom stereocenters. The Morgan fingerprint density at radius 2 is 1.58 bits per heavy atom. The number of aromatic nitrogens is 1. The number of benzene rings is 3. The summed E-state index contributed by atoms with van der Waals surface area (Å²) in [5.41, 5.74) is 10.5. The van der Waals surface area contributed by atoms with Gasteiger partial charge in [0.15, 0.2) is 5.78 Å². The van der Waals surface area contributed by atoms with E-state index in [4.69, 9.17) is 10.2 Å². The Morgan fingerprint density at radius 3 is 2.23 bits per heavy atom. The normalized spacial score (nSPS) is 13.8. The van der Waals surface area contributed by atoms with E-state index in [1.54, 1.807) is 36.2 Å². The number of carbonyl (C=O) groups excluding carboxylic acids is 2. The summed E-state index contributed by atoms with van der Waals surface area (Å²) in [6.07, 6.45) is 6.41. The summed E-state index contributed by atoms with van der Waals surface area (Å²) in [6.45, 7) is 10.5. The number of allylic oxidation sites excluding steroid dienone is 1. The average molecular weight is 648 g/mol. The van der Waals surface area contributed by atoms with Gasteiger partial charge in [-0.3, -0.25) is 9.59 Å². The van der Waals surface area contributed by atoms with Gasteiger partial charge in [0.25, 0.3) is 5.91 Å². The number of nitrogen functional groups attached to an aromatic ring is 1. The molecule has 0 aliphatic carbocycles. The lowest BCUT2D eigenvalue weighted by molar-refractivity contribution is -0.114. The van der Waals surface area contributed by atoms with Gasteiger partial charge in [-0.05, 0) is 96.6 Å². The van der Waals surface area contributed by atoms with Crippen LogP contribution in [0.2, 0.25) is 0 Å². The first kappa shape index (κ1) is 35.8. The number of amides is 1. The summed E-state index contributed by atoms with van der Waals surface area (Å²) in [6, 6.07) is 27.3. The monoisotopic (exact) mass is 647 g/mol. The highest BCUT2D eigenvalue weighted by Crippen LogP contribution is 2.36. The van der Waals surface area contributed by atoms with Crippen molar-refractivity contribution < 1.29 is 18.4 Å². The van der Waals surface area contributed by atoms with Crippen LogP contribution in [0.3, 0.4) is 0 Å². The molecule has 250 valence electrons. The molecule has 2 N–H and O–H groups in total. The Labute approximate surface area is 283 Å². The minimum atomic E-state index is -1.20. The van der Waals surface area contributed by atoms with Crippen molar-refractivity contribution in [3.63, 3.8) is 0 Å². The van der Waals surface area contributed by atoms with Gasteiger partial charge in [0.05, 0.1) is 0 Å². The number of fused-ring (bicyclic) bond motifs is 1. The van der Waals surface area contributed by atoms with Crippen molar-refractivity contribution in [2.24, 2.45) is 0 Å². The number of anilines is 1. The molecule has 3 aromatic carbocycles.